The van der Waals surface area contributed by atoms with Crippen LogP contribution in [0.25, 0.3) is 11.0 Å². The number of aryl methyl sites for hydroxylation is 2. The number of anilines is 1. The third-order valence-electron chi connectivity index (χ3n) is 4.80. The monoisotopic (exact) mass is 370 g/mol. The number of fused-ring (bicyclic) bond motifs is 1. The third kappa shape index (κ3) is 2.87. The van der Waals surface area contributed by atoms with Gasteiger partial charge in [-0.2, -0.15) is 0 Å². The van der Waals surface area contributed by atoms with Crippen LogP contribution in [0, 0.1) is 13.8 Å². The van der Waals surface area contributed by atoms with E-state index in [9.17, 15) is 8.42 Å². The molecular formula is C19H22N4O2S. The first-order valence-corrected chi connectivity index (χ1v) is 10.2. The Bertz CT molecular complexity index is 1050. The maximum atomic E-state index is 13.1. The molecule has 7 heteroatoms. The third-order valence-corrected chi connectivity index (χ3v) is 6.60. The number of hydrogen-bond donors (Lipinski definition) is 1. The van der Waals surface area contributed by atoms with Crippen LogP contribution in [0.15, 0.2) is 47.4 Å². The van der Waals surface area contributed by atoms with Crippen molar-refractivity contribution in [2.75, 3.05) is 31.1 Å². The molecule has 0 spiro atoms. The summed E-state index contributed by atoms with van der Waals surface area (Å²) in [6.45, 7) is 7.45. The quantitative estimate of drug-likeness (QED) is 0.766. The van der Waals surface area contributed by atoms with E-state index in [0.29, 0.717) is 16.9 Å². The van der Waals surface area contributed by atoms with Crippen LogP contribution >= 0.6 is 0 Å². The molecule has 1 saturated heterocycles. The van der Waals surface area contributed by atoms with Crippen molar-refractivity contribution in [2.45, 2.75) is 18.7 Å². The summed E-state index contributed by atoms with van der Waals surface area (Å²) in [5, 5.41) is 3.34. The lowest BCUT2D eigenvalue weighted by Gasteiger charge is -2.29. The molecule has 0 bridgehead atoms. The van der Waals surface area contributed by atoms with Crippen molar-refractivity contribution in [3.8, 4) is 0 Å². The van der Waals surface area contributed by atoms with Gasteiger partial charge in [0.2, 0.25) is 0 Å². The predicted molar refractivity (Wildman–Crippen MR) is 103 cm³/mol. The molecule has 0 saturated carbocycles. The molecule has 0 atom stereocenters. The van der Waals surface area contributed by atoms with Crippen LogP contribution in [0.3, 0.4) is 0 Å². The Labute approximate surface area is 153 Å². The Hall–Kier alpha value is -2.38. The summed E-state index contributed by atoms with van der Waals surface area (Å²) in [7, 11) is -3.68. The van der Waals surface area contributed by atoms with Crippen LogP contribution in [-0.4, -0.2) is 43.6 Å². The lowest BCUT2D eigenvalue weighted by atomic mass is 10.2. The lowest BCUT2D eigenvalue weighted by molar-refractivity contribution is 0.587. The minimum atomic E-state index is -3.68. The minimum Gasteiger partial charge on any atom is -0.369 e. The van der Waals surface area contributed by atoms with E-state index in [2.05, 4.69) is 15.2 Å². The fraction of sp³-hybridized carbons (Fsp3) is 0.316. The summed E-state index contributed by atoms with van der Waals surface area (Å²) in [6.07, 6.45) is 0. The highest BCUT2D eigenvalue weighted by Crippen LogP contribution is 2.27. The van der Waals surface area contributed by atoms with Crippen molar-refractivity contribution < 1.29 is 8.42 Å². The number of piperazine rings is 1. The highest BCUT2D eigenvalue weighted by molar-refractivity contribution is 7.90. The highest BCUT2D eigenvalue weighted by Gasteiger charge is 2.23. The zero-order valence-corrected chi connectivity index (χ0v) is 15.8. The van der Waals surface area contributed by atoms with Crippen LogP contribution in [0.2, 0.25) is 0 Å². The second-order valence-electron chi connectivity index (χ2n) is 6.65. The molecule has 136 valence electrons. The first-order chi connectivity index (χ1) is 12.5. The van der Waals surface area contributed by atoms with Gasteiger partial charge >= 0.3 is 0 Å². The molecular weight excluding hydrogens is 348 g/mol. The Morgan fingerprint density at radius 2 is 1.69 bits per heavy atom. The number of nitrogens with one attached hydrogen (secondary N) is 1. The lowest BCUT2D eigenvalue weighted by Crippen LogP contribution is -2.43. The van der Waals surface area contributed by atoms with Crippen LogP contribution in [0.1, 0.15) is 11.4 Å². The Morgan fingerprint density at radius 1 is 1.00 bits per heavy atom. The molecule has 0 aliphatic carbocycles. The van der Waals surface area contributed by atoms with Crippen molar-refractivity contribution in [3.05, 3.63) is 53.9 Å². The number of imidazole rings is 1. The van der Waals surface area contributed by atoms with Crippen molar-refractivity contribution in [1.82, 2.24) is 14.3 Å². The highest BCUT2D eigenvalue weighted by atomic mass is 32.2. The van der Waals surface area contributed by atoms with Gasteiger partial charge in [0, 0.05) is 31.9 Å². The molecule has 0 unspecified atom stereocenters. The molecule has 1 N–H and O–H groups in total. The van der Waals surface area contributed by atoms with E-state index < -0.39 is 10.0 Å². The zero-order valence-electron chi connectivity index (χ0n) is 14.9. The Kier molecular flexibility index (Phi) is 4.20. The number of benzene rings is 2. The number of hydrogen-bond acceptors (Lipinski definition) is 5. The molecule has 1 aliphatic rings. The van der Waals surface area contributed by atoms with Gasteiger partial charge in [-0.15, -0.1) is 0 Å². The van der Waals surface area contributed by atoms with Gasteiger partial charge in [0.05, 0.1) is 15.9 Å². The first kappa shape index (κ1) is 17.1. The van der Waals surface area contributed by atoms with Crippen molar-refractivity contribution in [3.63, 3.8) is 0 Å². The molecule has 1 fully saturated rings. The molecule has 3 aromatic rings. The molecule has 2 heterocycles. The molecule has 2 aromatic carbocycles. The van der Waals surface area contributed by atoms with E-state index in [4.69, 9.17) is 0 Å². The van der Waals surface area contributed by atoms with E-state index in [0.717, 1.165) is 37.4 Å². The fourth-order valence-corrected chi connectivity index (χ4v) is 4.90. The fourth-order valence-electron chi connectivity index (χ4n) is 3.41. The normalized spacial score (nSPS) is 15.5. The standard InChI is InChI=1S/C19H22N4O2S/c1-14-3-6-17(7-4-14)26(24,25)23-15(2)21-18-13-16(5-8-19(18)23)22-11-9-20-10-12-22/h3-8,13,20H,9-12H2,1-2H3. The number of rotatable bonds is 3. The summed E-state index contributed by atoms with van der Waals surface area (Å²) in [5.74, 6) is 0.470. The van der Waals surface area contributed by atoms with E-state index in [1.165, 1.54) is 3.97 Å². The van der Waals surface area contributed by atoms with Crippen molar-refractivity contribution >= 4 is 26.7 Å². The molecule has 26 heavy (non-hydrogen) atoms. The Morgan fingerprint density at radius 3 is 2.38 bits per heavy atom. The van der Waals surface area contributed by atoms with Crippen LogP contribution in [0.5, 0.6) is 0 Å². The Balaban J connectivity index is 1.80. The topological polar surface area (TPSA) is 67.2 Å². The maximum absolute atomic E-state index is 13.1. The van der Waals surface area contributed by atoms with Gasteiger partial charge in [0.15, 0.2) is 0 Å². The zero-order chi connectivity index (χ0) is 18.3. The first-order valence-electron chi connectivity index (χ1n) is 8.74. The van der Waals surface area contributed by atoms with Crippen LogP contribution in [0.4, 0.5) is 5.69 Å². The van der Waals surface area contributed by atoms with Crippen molar-refractivity contribution in [1.29, 1.82) is 0 Å². The van der Waals surface area contributed by atoms with Gasteiger partial charge in [0.1, 0.15) is 5.82 Å². The number of nitrogens with zero attached hydrogens (tertiary/aromatic N) is 3. The summed E-state index contributed by atoms with van der Waals surface area (Å²) >= 11 is 0. The van der Waals surface area contributed by atoms with Gasteiger partial charge in [-0.25, -0.2) is 17.4 Å². The smallest absolute Gasteiger partial charge is 0.269 e. The molecule has 1 aliphatic heterocycles. The van der Waals surface area contributed by atoms with Gasteiger partial charge in [-0.1, -0.05) is 17.7 Å². The maximum Gasteiger partial charge on any atom is 0.269 e. The van der Waals surface area contributed by atoms with E-state index in [-0.39, 0.29) is 4.90 Å². The average molecular weight is 370 g/mol. The average Bonchev–Trinajstić information content (AvgIpc) is 2.98. The predicted octanol–water partition coefficient (Wildman–Crippen LogP) is 2.30. The number of aromatic nitrogens is 2. The van der Waals surface area contributed by atoms with Crippen LogP contribution < -0.4 is 10.2 Å². The van der Waals surface area contributed by atoms with Crippen molar-refractivity contribution in [2.24, 2.45) is 0 Å². The summed E-state index contributed by atoms with van der Waals surface area (Å²) in [6, 6.07) is 12.7. The van der Waals surface area contributed by atoms with Gasteiger partial charge < -0.3 is 10.2 Å². The molecule has 0 radical (unpaired) electrons. The van der Waals surface area contributed by atoms with E-state index in [1.807, 2.05) is 37.3 Å². The largest absolute Gasteiger partial charge is 0.369 e. The minimum absolute atomic E-state index is 0.275. The summed E-state index contributed by atoms with van der Waals surface area (Å²) in [5.41, 5.74) is 3.42. The van der Waals surface area contributed by atoms with Gasteiger partial charge in [-0.3, -0.25) is 0 Å². The molecule has 6 nitrogen and oxygen atoms in total. The molecule has 1 aromatic heterocycles. The van der Waals surface area contributed by atoms with E-state index in [1.54, 1.807) is 19.1 Å². The molecule has 4 rings (SSSR count). The van der Waals surface area contributed by atoms with Gasteiger partial charge in [-0.05, 0) is 44.2 Å². The second-order valence-corrected chi connectivity index (χ2v) is 8.44. The second kappa shape index (κ2) is 6.41. The summed E-state index contributed by atoms with van der Waals surface area (Å²) < 4.78 is 27.6. The summed E-state index contributed by atoms with van der Waals surface area (Å²) in [4.78, 5) is 7.08. The van der Waals surface area contributed by atoms with Gasteiger partial charge in [0.25, 0.3) is 10.0 Å². The van der Waals surface area contributed by atoms with E-state index >= 15 is 0 Å². The molecule has 0 amide bonds. The van der Waals surface area contributed by atoms with Crippen LogP contribution in [-0.2, 0) is 10.0 Å². The SMILES string of the molecule is Cc1ccc(S(=O)(=O)n2c(C)nc3cc(N4CCNCC4)ccc32)cc1.